The van der Waals surface area contributed by atoms with E-state index in [1.54, 1.807) is 19.3 Å². The van der Waals surface area contributed by atoms with E-state index >= 15 is 0 Å². The topological polar surface area (TPSA) is 71.4 Å². The molecule has 0 aliphatic carbocycles. The molecule has 3 aromatic heterocycles. The van der Waals surface area contributed by atoms with E-state index in [0.29, 0.717) is 18.8 Å². The summed E-state index contributed by atoms with van der Waals surface area (Å²) < 4.78 is 10.8. The average molecular weight is 318 g/mol. The number of rotatable bonds is 6. The molecule has 3 rings (SSSR count). The van der Waals surface area contributed by atoms with Gasteiger partial charge in [-0.05, 0) is 38.1 Å². The fraction of sp³-hybridized carbons (Fsp3) is 0.312. The molecule has 116 valence electrons. The van der Waals surface area contributed by atoms with Crippen LogP contribution in [0.4, 0.5) is 0 Å². The summed E-state index contributed by atoms with van der Waals surface area (Å²) in [5.41, 5.74) is -0.128. The highest BCUT2D eigenvalue weighted by Crippen LogP contribution is 2.24. The van der Waals surface area contributed by atoms with Crippen LogP contribution in [0.1, 0.15) is 24.1 Å². The van der Waals surface area contributed by atoms with Crippen LogP contribution in [0, 0.1) is 6.92 Å². The highest BCUT2D eigenvalue weighted by molar-refractivity contribution is 7.13. The number of nitrogens with zero attached hydrogens (tertiary/aromatic N) is 1. The van der Waals surface area contributed by atoms with E-state index in [1.807, 2.05) is 30.5 Å². The van der Waals surface area contributed by atoms with Crippen molar-refractivity contribution in [3.05, 3.63) is 53.1 Å². The molecule has 0 aliphatic heterocycles. The maximum absolute atomic E-state index is 10.4. The van der Waals surface area contributed by atoms with E-state index in [1.165, 1.54) is 11.3 Å². The number of aromatic nitrogens is 1. The summed E-state index contributed by atoms with van der Waals surface area (Å²) in [6, 6.07) is 7.38. The Labute approximate surface area is 132 Å². The molecule has 0 aliphatic rings. The molecule has 0 saturated carbocycles. The average Bonchev–Trinajstić information content (AvgIpc) is 3.18. The van der Waals surface area contributed by atoms with Gasteiger partial charge in [-0.1, -0.05) is 0 Å². The second-order valence-electron chi connectivity index (χ2n) is 5.41. The quantitative estimate of drug-likeness (QED) is 0.729. The molecule has 0 amide bonds. The van der Waals surface area contributed by atoms with Crippen LogP contribution in [0.25, 0.3) is 10.8 Å². The van der Waals surface area contributed by atoms with E-state index in [-0.39, 0.29) is 0 Å². The smallest absolute Gasteiger partial charge is 0.162 e. The fourth-order valence-corrected chi connectivity index (χ4v) is 2.93. The van der Waals surface area contributed by atoms with Gasteiger partial charge in [0.15, 0.2) is 10.8 Å². The van der Waals surface area contributed by atoms with Crippen molar-refractivity contribution in [1.29, 1.82) is 0 Å². The molecule has 3 aromatic rings. The lowest BCUT2D eigenvalue weighted by Gasteiger charge is -2.21. The summed E-state index contributed by atoms with van der Waals surface area (Å²) in [5.74, 6) is 2.12. The Hall–Kier alpha value is -1.89. The Morgan fingerprint density at radius 3 is 2.91 bits per heavy atom. The monoisotopic (exact) mass is 318 g/mol. The first kappa shape index (κ1) is 15.0. The predicted octanol–water partition coefficient (Wildman–Crippen LogP) is 3.30. The first-order chi connectivity index (χ1) is 10.5. The van der Waals surface area contributed by atoms with Gasteiger partial charge in [0.2, 0.25) is 0 Å². The molecular formula is C16H18N2O3S. The van der Waals surface area contributed by atoms with Crippen molar-refractivity contribution >= 4 is 11.3 Å². The molecule has 3 heterocycles. The van der Waals surface area contributed by atoms with Crippen molar-refractivity contribution in [2.45, 2.75) is 26.0 Å². The standard InChI is InChI=1S/C16H18N2O3S/c1-11-5-6-14(21-11)16(2,19)10-17-8-12-9-22-15(18-12)13-4-3-7-20-13/h3-7,9,17,19H,8,10H2,1-2H3. The van der Waals surface area contributed by atoms with Crippen molar-refractivity contribution < 1.29 is 13.9 Å². The Balaban J connectivity index is 1.57. The normalized spacial score (nSPS) is 14.1. The van der Waals surface area contributed by atoms with Gasteiger partial charge in [0.05, 0.1) is 12.0 Å². The van der Waals surface area contributed by atoms with Crippen LogP contribution in [0.3, 0.4) is 0 Å². The Morgan fingerprint density at radius 1 is 1.36 bits per heavy atom. The van der Waals surface area contributed by atoms with Crippen molar-refractivity contribution in [3.8, 4) is 10.8 Å². The minimum Gasteiger partial charge on any atom is -0.463 e. The lowest BCUT2D eigenvalue weighted by molar-refractivity contribution is 0.0332. The van der Waals surface area contributed by atoms with Crippen molar-refractivity contribution in [1.82, 2.24) is 10.3 Å². The fourth-order valence-electron chi connectivity index (χ4n) is 2.15. The molecule has 0 spiro atoms. The zero-order chi connectivity index (χ0) is 15.6. The number of thiazole rings is 1. The third-order valence-corrected chi connectivity index (χ3v) is 4.24. The number of aliphatic hydroxyl groups is 1. The van der Waals surface area contributed by atoms with Gasteiger partial charge in [-0.25, -0.2) is 4.98 Å². The Kier molecular flexibility index (Phi) is 4.15. The van der Waals surface area contributed by atoms with Gasteiger partial charge in [0, 0.05) is 18.5 Å². The third-order valence-electron chi connectivity index (χ3n) is 3.33. The van der Waals surface area contributed by atoms with Gasteiger partial charge in [-0.2, -0.15) is 0 Å². The molecule has 0 aromatic carbocycles. The predicted molar refractivity (Wildman–Crippen MR) is 84.5 cm³/mol. The summed E-state index contributed by atoms with van der Waals surface area (Å²) in [6.07, 6.45) is 1.64. The largest absolute Gasteiger partial charge is 0.463 e. The maximum Gasteiger partial charge on any atom is 0.162 e. The molecule has 1 unspecified atom stereocenters. The van der Waals surface area contributed by atoms with Crippen LogP contribution in [-0.2, 0) is 12.1 Å². The van der Waals surface area contributed by atoms with Gasteiger partial charge >= 0.3 is 0 Å². The number of nitrogens with one attached hydrogen (secondary N) is 1. The Morgan fingerprint density at radius 2 is 2.23 bits per heavy atom. The molecule has 22 heavy (non-hydrogen) atoms. The van der Waals surface area contributed by atoms with Gasteiger partial charge in [-0.3, -0.25) is 0 Å². The van der Waals surface area contributed by atoms with Gasteiger partial charge in [0.1, 0.15) is 17.1 Å². The first-order valence-electron chi connectivity index (χ1n) is 7.03. The molecule has 6 heteroatoms. The van der Waals surface area contributed by atoms with Gasteiger partial charge in [-0.15, -0.1) is 11.3 Å². The second-order valence-corrected chi connectivity index (χ2v) is 6.27. The molecule has 5 nitrogen and oxygen atoms in total. The Bertz CT molecular complexity index is 728. The third kappa shape index (κ3) is 3.30. The van der Waals surface area contributed by atoms with Crippen LogP contribution in [-0.4, -0.2) is 16.6 Å². The minimum atomic E-state index is -1.05. The first-order valence-corrected chi connectivity index (χ1v) is 7.91. The number of hydrogen-bond acceptors (Lipinski definition) is 6. The summed E-state index contributed by atoms with van der Waals surface area (Å²) in [4.78, 5) is 4.51. The SMILES string of the molecule is Cc1ccc(C(C)(O)CNCc2csc(-c3ccco3)n2)o1. The van der Waals surface area contributed by atoms with Gasteiger partial charge in [0.25, 0.3) is 0 Å². The van der Waals surface area contributed by atoms with E-state index < -0.39 is 5.60 Å². The zero-order valence-electron chi connectivity index (χ0n) is 12.5. The number of hydrogen-bond donors (Lipinski definition) is 2. The lowest BCUT2D eigenvalue weighted by atomic mass is 10.0. The minimum absolute atomic E-state index is 0.383. The van der Waals surface area contributed by atoms with Crippen molar-refractivity contribution in [2.24, 2.45) is 0 Å². The zero-order valence-corrected chi connectivity index (χ0v) is 13.3. The van der Waals surface area contributed by atoms with E-state index in [0.717, 1.165) is 22.2 Å². The molecule has 1 atom stereocenters. The number of aryl methyl sites for hydroxylation is 1. The number of furan rings is 2. The second kappa shape index (κ2) is 6.08. The molecular weight excluding hydrogens is 300 g/mol. The summed E-state index contributed by atoms with van der Waals surface area (Å²) >= 11 is 1.54. The van der Waals surface area contributed by atoms with Crippen LogP contribution >= 0.6 is 11.3 Å². The van der Waals surface area contributed by atoms with Gasteiger partial charge < -0.3 is 19.3 Å². The van der Waals surface area contributed by atoms with E-state index in [2.05, 4.69) is 10.3 Å². The lowest BCUT2D eigenvalue weighted by Crippen LogP contribution is -2.34. The van der Waals surface area contributed by atoms with Crippen LogP contribution in [0.2, 0.25) is 0 Å². The molecule has 0 fully saturated rings. The maximum atomic E-state index is 10.4. The highest BCUT2D eigenvalue weighted by Gasteiger charge is 2.26. The van der Waals surface area contributed by atoms with Crippen molar-refractivity contribution in [2.75, 3.05) is 6.54 Å². The molecule has 0 radical (unpaired) electrons. The van der Waals surface area contributed by atoms with Crippen LogP contribution in [0.5, 0.6) is 0 Å². The van der Waals surface area contributed by atoms with E-state index in [9.17, 15) is 5.11 Å². The molecule has 2 N–H and O–H groups in total. The highest BCUT2D eigenvalue weighted by atomic mass is 32.1. The van der Waals surface area contributed by atoms with Crippen molar-refractivity contribution in [3.63, 3.8) is 0 Å². The molecule has 0 bridgehead atoms. The van der Waals surface area contributed by atoms with E-state index in [4.69, 9.17) is 8.83 Å². The summed E-state index contributed by atoms with van der Waals surface area (Å²) in [5, 5.41) is 16.5. The summed E-state index contributed by atoms with van der Waals surface area (Å²) in [6.45, 7) is 4.55. The summed E-state index contributed by atoms with van der Waals surface area (Å²) in [7, 11) is 0. The molecule has 0 saturated heterocycles. The van der Waals surface area contributed by atoms with Crippen LogP contribution in [0.15, 0.2) is 44.7 Å². The van der Waals surface area contributed by atoms with Crippen LogP contribution < -0.4 is 5.32 Å².